The number of aromatic carboxylic acids is 1. The molecule has 1 fully saturated rings. The number of carbonyl (C=O) groups is 1. The van der Waals surface area contributed by atoms with Crippen LogP contribution in [0, 0.1) is 12.8 Å². The topological polar surface area (TPSA) is 80.8 Å². The zero-order valence-electron chi connectivity index (χ0n) is 15.7. The van der Waals surface area contributed by atoms with E-state index in [1.807, 2.05) is 43.3 Å². The van der Waals surface area contributed by atoms with Gasteiger partial charge in [-0.05, 0) is 49.9 Å². The number of nitrogens with one attached hydrogen (secondary N) is 1. The van der Waals surface area contributed by atoms with E-state index in [2.05, 4.69) is 4.98 Å². The van der Waals surface area contributed by atoms with E-state index in [1.165, 1.54) is 0 Å². The third-order valence-corrected chi connectivity index (χ3v) is 4.97. The lowest BCUT2D eigenvalue weighted by Gasteiger charge is -2.22. The Balaban J connectivity index is 1.63. The Morgan fingerprint density at radius 1 is 1.14 bits per heavy atom. The minimum Gasteiger partial charge on any atom is -0.491 e. The molecule has 28 heavy (non-hydrogen) atoms. The molecular weight excluding hydrogens is 358 g/mol. The van der Waals surface area contributed by atoms with Crippen molar-refractivity contribution in [3.8, 4) is 17.2 Å². The van der Waals surface area contributed by atoms with Crippen LogP contribution < -0.4 is 9.47 Å². The zero-order valence-corrected chi connectivity index (χ0v) is 15.7. The number of benzene rings is 2. The Labute approximate surface area is 163 Å². The molecule has 1 aromatic heterocycles. The van der Waals surface area contributed by atoms with Crippen molar-refractivity contribution >= 4 is 16.9 Å². The molecule has 0 radical (unpaired) electrons. The van der Waals surface area contributed by atoms with Crippen molar-refractivity contribution in [3.63, 3.8) is 0 Å². The van der Waals surface area contributed by atoms with Crippen molar-refractivity contribution in [1.82, 2.24) is 4.98 Å². The molecule has 0 amide bonds. The fraction of sp³-hybridized carbons (Fsp3) is 0.318. The van der Waals surface area contributed by atoms with Gasteiger partial charge in [0.1, 0.15) is 22.9 Å². The largest absolute Gasteiger partial charge is 0.491 e. The summed E-state index contributed by atoms with van der Waals surface area (Å²) in [7, 11) is 0. The fourth-order valence-corrected chi connectivity index (χ4v) is 3.34. The first-order valence-corrected chi connectivity index (χ1v) is 9.43. The van der Waals surface area contributed by atoms with Gasteiger partial charge in [0, 0.05) is 24.7 Å². The summed E-state index contributed by atoms with van der Waals surface area (Å²) in [5.74, 6) is 1.34. The van der Waals surface area contributed by atoms with Crippen LogP contribution >= 0.6 is 0 Å². The van der Waals surface area contributed by atoms with Gasteiger partial charge >= 0.3 is 5.97 Å². The monoisotopic (exact) mass is 381 g/mol. The zero-order chi connectivity index (χ0) is 19.5. The van der Waals surface area contributed by atoms with Crippen LogP contribution in [0.15, 0.2) is 42.5 Å². The van der Waals surface area contributed by atoms with E-state index in [0.29, 0.717) is 35.3 Å². The van der Waals surface area contributed by atoms with Crippen molar-refractivity contribution in [2.24, 2.45) is 5.92 Å². The third-order valence-electron chi connectivity index (χ3n) is 4.97. The van der Waals surface area contributed by atoms with Crippen LogP contribution in [-0.4, -0.2) is 35.9 Å². The molecule has 2 aromatic carbocycles. The lowest BCUT2D eigenvalue weighted by Crippen LogP contribution is -2.21. The maximum Gasteiger partial charge on any atom is 0.352 e. The van der Waals surface area contributed by atoms with Gasteiger partial charge in [0.2, 0.25) is 0 Å². The summed E-state index contributed by atoms with van der Waals surface area (Å²) in [4.78, 5) is 14.3. The number of H-pyrrole nitrogens is 1. The molecule has 0 atom stereocenters. The Hall–Kier alpha value is -2.99. The molecule has 0 aliphatic carbocycles. The van der Waals surface area contributed by atoms with Crippen molar-refractivity contribution in [1.29, 1.82) is 0 Å². The second kappa shape index (κ2) is 7.94. The Morgan fingerprint density at radius 3 is 2.61 bits per heavy atom. The molecule has 6 nitrogen and oxygen atoms in total. The summed E-state index contributed by atoms with van der Waals surface area (Å²) in [6.45, 7) is 4.09. The van der Waals surface area contributed by atoms with Gasteiger partial charge in [-0.2, -0.15) is 0 Å². The number of carboxylic acids is 1. The number of hydrogen-bond donors (Lipinski definition) is 2. The van der Waals surface area contributed by atoms with Crippen LogP contribution in [0.4, 0.5) is 0 Å². The predicted octanol–water partition coefficient (Wildman–Crippen LogP) is 4.77. The number of fused-ring (bicyclic) bond motifs is 1. The lowest BCUT2D eigenvalue weighted by atomic mass is 10.0. The van der Waals surface area contributed by atoms with Crippen LogP contribution in [-0.2, 0) is 4.74 Å². The third kappa shape index (κ3) is 4.12. The fourth-order valence-electron chi connectivity index (χ4n) is 3.34. The molecular formula is C22H23NO5. The molecule has 1 aliphatic rings. The van der Waals surface area contributed by atoms with Crippen molar-refractivity contribution < 1.29 is 24.1 Å². The standard InChI is InChI=1S/C22H23NO5/c1-14-2-4-17(5-3-14)28-18-10-16-11-19(22(24)25)23-21(16)20(12-18)27-13-15-6-8-26-9-7-15/h2-5,10-12,15,23H,6-9,13H2,1H3,(H,24,25). The average molecular weight is 381 g/mol. The summed E-state index contributed by atoms with van der Waals surface area (Å²) in [5, 5.41) is 10.1. The van der Waals surface area contributed by atoms with Gasteiger partial charge in [-0.15, -0.1) is 0 Å². The van der Waals surface area contributed by atoms with Crippen molar-refractivity contribution in [2.75, 3.05) is 19.8 Å². The van der Waals surface area contributed by atoms with Crippen LogP contribution in [0.5, 0.6) is 17.2 Å². The predicted molar refractivity (Wildman–Crippen MR) is 106 cm³/mol. The molecule has 6 heteroatoms. The van der Waals surface area contributed by atoms with E-state index in [4.69, 9.17) is 14.2 Å². The second-order valence-corrected chi connectivity index (χ2v) is 7.16. The van der Waals surface area contributed by atoms with Crippen LogP contribution in [0.25, 0.3) is 10.9 Å². The van der Waals surface area contributed by atoms with Gasteiger partial charge in [0.15, 0.2) is 0 Å². The van der Waals surface area contributed by atoms with Crippen LogP contribution in [0.1, 0.15) is 28.9 Å². The number of hydrogen-bond acceptors (Lipinski definition) is 4. The molecule has 0 unspecified atom stereocenters. The number of carboxylic acid groups (broad SMARTS) is 1. The van der Waals surface area contributed by atoms with E-state index in [1.54, 1.807) is 6.07 Å². The first-order chi connectivity index (χ1) is 13.6. The van der Waals surface area contributed by atoms with Gasteiger partial charge in [0.25, 0.3) is 0 Å². The highest BCUT2D eigenvalue weighted by molar-refractivity contribution is 5.96. The molecule has 0 spiro atoms. The van der Waals surface area contributed by atoms with Gasteiger partial charge in [-0.1, -0.05) is 17.7 Å². The Kier molecular flexibility index (Phi) is 5.21. The van der Waals surface area contributed by atoms with E-state index >= 15 is 0 Å². The van der Waals surface area contributed by atoms with E-state index < -0.39 is 5.97 Å². The summed E-state index contributed by atoms with van der Waals surface area (Å²) in [6, 6.07) is 13.0. The highest BCUT2D eigenvalue weighted by atomic mass is 16.5. The molecule has 1 saturated heterocycles. The Bertz CT molecular complexity index is 971. The number of aromatic nitrogens is 1. The normalized spacial score (nSPS) is 14.9. The minimum absolute atomic E-state index is 0.124. The van der Waals surface area contributed by atoms with Gasteiger partial charge in [-0.3, -0.25) is 0 Å². The molecule has 1 aliphatic heterocycles. The van der Waals surface area contributed by atoms with Crippen molar-refractivity contribution in [3.05, 3.63) is 53.7 Å². The van der Waals surface area contributed by atoms with Crippen LogP contribution in [0.3, 0.4) is 0 Å². The summed E-state index contributed by atoms with van der Waals surface area (Å²) in [5.41, 5.74) is 1.94. The maximum atomic E-state index is 11.4. The molecule has 146 valence electrons. The van der Waals surface area contributed by atoms with Gasteiger partial charge in [-0.25, -0.2) is 4.79 Å². The maximum absolute atomic E-state index is 11.4. The summed E-state index contributed by atoms with van der Waals surface area (Å²) >= 11 is 0. The van der Waals surface area contributed by atoms with Gasteiger partial charge < -0.3 is 24.3 Å². The molecule has 2 N–H and O–H groups in total. The van der Waals surface area contributed by atoms with Crippen molar-refractivity contribution in [2.45, 2.75) is 19.8 Å². The van der Waals surface area contributed by atoms with Crippen LogP contribution in [0.2, 0.25) is 0 Å². The first-order valence-electron chi connectivity index (χ1n) is 9.43. The smallest absolute Gasteiger partial charge is 0.352 e. The second-order valence-electron chi connectivity index (χ2n) is 7.16. The molecule has 3 aromatic rings. The number of aromatic amines is 1. The van der Waals surface area contributed by atoms with E-state index in [9.17, 15) is 9.90 Å². The average Bonchev–Trinajstić information content (AvgIpc) is 3.13. The number of rotatable bonds is 6. The molecule has 4 rings (SSSR count). The summed E-state index contributed by atoms with van der Waals surface area (Å²) in [6.07, 6.45) is 1.93. The molecule has 0 bridgehead atoms. The minimum atomic E-state index is -1.01. The van der Waals surface area contributed by atoms with Gasteiger partial charge in [0.05, 0.1) is 12.1 Å². The quantitative estimate of drug-likeness (QED) is 0.643. The number of ether oxygens (including phenoxy) is 3. The highest BCUT2D eigenvalue weighted by Crippen LogP contribution is 2.34. The summed E-state index contributed by atoms with van der Waals surface area (Å²) < 4.78 is 17.5. The van der Waals surface area contributed by atoms with E-state index in [0.717, 1.165) is 37.0 Å². The first kappa shape index (κ1) is 18.4. The Morgan fingerprint density at radius 2 is 1.89 bits per heavy atom. The number of aryl methyl sites for hydroxylation is 1. The molecule has 2 heterocycles. The lowest BCUT2D eigenvalue weighted by molar-refractivity contribution is 0.0499. The molecule has 0 saturated carbocycles. The van der Waals surface area contributed by atoms with E-state index in [-0.39, 0.29) is 5.69 Å². The highest BCUT2D eigenvalue weighted by Gasteiger charge is 2.18. The SMILES string of the molecule is Cc1ccc(Oc2cc(OCC3CCOCC3)c3[nH]c(C(=O)O)cc3c2)cc1.